The second-order valence-electron chi connectivity index (χ2n) is 4.65. The fourth-order valence-electron chi connectivity index (χ4n) is 2.43. The lowest BCUT2D eigenvalue weighted by atomic mass is 9.96. The zero-order chi connectivity index (χ0) is 14.3. The maximum absolute atomic E-state index is 11.8. The molecule has 6 nitrogen and oxygen atoms in total. The van der Waals surface area contributed by atoms with E-state index in [2.05, 4.69) is 5.16 Å². The minimum absolute atomic E-state index is 0.0342. The number of nitrogens with zero attached hydrogens (tertiary/aromatic N) is 2. The third-order valence-electron chi connectivity index (χ3n) is 3.43. The summed E-state index contributed by atoms with van der Waals surface area (Å²) in [6.07, 6.45) is 1.15. The zero-order valence-corrected chi connectivity index (χ0v) is 10.8. The molecule has 0 bridgehead atoms. The van der Waals surface area contributed by atoms with E-state index in [9.17, 15) is 9.59 Å². The lowest BCUT2D eigenvalue weighted by Crippen LogP contribution is -2.31. The van der Waals surface area contributed by atoms with Crippen LogP contribution in [0, 0.1) is 0 Å². The van der Waals surface area contributed by atoms with Crippen molar-refractivity contribution in [2.75, 3.05) is 11.9 Å². The predicted molar refractivity (Wildman–Crippen MR) is 70.6 cm³/mol. The number of carboxylic acids is 1. The summed E-state index contributed by atoms with van der Waals surface area (Å²) in [4.78, 5) is 24.3. The summed E-state index contributed by atoms with van der Waals surface area (Å²) in [6.45, 7) is 0. The van der Waals surface area contributed by atoms with Crippen molar-refractivity contribution < 1.29 is 19.2 Å². The van der Waals surface area contributed by atoms with E-state index in [0.717, 1.165) is 11.3 Å². The Kier molecular flexibility index (Phi) is 2.78. The largest absolute Gasteiger partial charge is 0.475 e. The highest BCUT2D eigenvalue weighted by atomic mass is 16.5. The average molecular weight is 272 g/mol. The number of amides is 1. The summed E-state index contributed by atoms with van der Waals surface area (Å²) < 4.78 is 4.78. The first-order valence-corrected chi connectivity index (χ1v) is 6.17. The second kappa shape index (κ2) is 4.48. The quantitative estimate of drug-likeness (QED) is 0.903. The van der Waals surface area contributed by atoms with Gasteiger partial charge in [-0.3, -0.25) is 4.79 Å². The van der Waals surface area contributed by atoms with Crippen LogP contribution in [0.5, 0.6) is 0 Å². The number of anilines is 1. The molecule has 0 radical (unpaired) electrons. The number of carboxylic acid groups (broad SMARTS) is 1. The SMILES string of the molecule is CN1C(=O)CCc2cccc(-c3cc(C(=O)O)on3)c21. The number of hydrogen-bond acceptors (Lipinski definition) is 4. The van der Waals surface area contributed by atoms with E-state index in [1.54, 1.807) is 18.0 Å². The maximum atomic E-state index is 11.8. The molecule has 1 aromatic carbocycles. The van der Waals surface area contributed by atoms with Crippen molar-refractivity contribution in [2.45, 2.75) is 12.8 Å². The molecule has 0 aliphatic carbocycles. The standard InChI is InChI=1S/C14H12N2O4/c1-16-12(17)6-5-8-3-2-4-9(13(8)16)10-7-11(14(18)19)20-15-10/h2-4,7H,5-6H2,1H3,(H,18,19). The molecule has 0 spiro atoms. The summed E-state index contributed by atoms with van der Waals surface area (Å²) in [6, 6.07) is 7.00. The molecule has 1 amide bonds. The van der Waals surface area contributed by atoms with Gasteiger partial charge >= 0.3 is 5.97 Å². The Morgan fingerprint density at radius 1 is 1.40 bits per heavy atom. The summed E-state index contributed by atoms with van der Waals surface area (Å²) >= 11 is 0. The normalized spacial score (nSPS) is 14.2. The molecule has 0 fully saturated rings. The van der Waals surface area contributed by atoms with Gasteiger partial charge in [-0.15, -0.1) is 0 Å². The van der Waals surface area contributed by atoms with Crippen molar-refractivity contribution >= 4 is 17.6 Å². The van der Waals surface area contributed by atoms with Gasteiger partial charge in [0.15, 0.2) is 0 Å². The molecular weight excluding hydrogens is 260 g/mol. The smallest absolute Gasteiger partial charge is 0.374 e. The van der Waals surface area contributed by atoms with Gasteiger partial charge in [0, 0.05) is 25.1 Å². The Labute approximate surface area is 114 Å². The summed E-state index contributed by atoms with van der Waals surface area (Å²) in [5, 5.41) is 12.7. The Bertz CT molecular complexity index is 705. The van der Waals surface area contributed by atoms with E-state index in [1.807, 2.05) is 12.1 Å². The van der Waals surface area contributed by atoms with Gasteiger partial charge in [0.25, 0.3) is 0 Å². The Balaban J connectivity index is 2.14. The molecule has 0 saturated heterocycles. The van der Waals surface area contributed by atoms with Crippen LogP contribution in [0.25, 0.3) is 11.3 Å². The van der Waals surface area contributed by atoms with E-state index in [-0.39, 0.29) is 11.7 Å². The van der Waals surface area contributed by atoms with Crippen molar-refractivity contribution in [3.8, 4) is 11.3 Å². The van der Waals surface area contributed by atoms with Crippen LogP contribution in [0.4, 0.5) is 5.69 Å². The number of rotatable bonds is 2. The average Bonchev–Trinajstić information content (AvgIpc) is 2.92. The highest BCUT2D eigenvalue weighted by molar-refractivity contribution is 6.00. The van der Waals surface area contributed by atoms with E-state index in [1.165, 1.54) is 6.07 Å². The molecular formula is C14H12N2O4. The maximum Gasteiger partial charge on any atom is 0.374 e. The minimum atomic E-state index is -1.17. The summed E-state index contributed by atoms with van der Waals surface area (Å²) in [7, 11) is 1.71. The van der Waals surface area contributed by atoms with Gasteiger partial charge in [-0.2, -0.15) is 0 Å². The van der Waals surface area contributed by atoms with Crippen LogP contribution in [0.2, 0.25) is 0 Å². The number of aromatic nitrogens is 1. The molecule has 3 rings (SSSR count). The predicted octanol–water partition coefficient (Wildman–Crippen LogP) is 1.95. The molecule has 1 N–H and O–H groups in total. The number of aryl methyl sites for hydroxylation is 1. The van der Waals surface area contributed by atoms with Gasteiger partial charge in [0.05, 0.1) is 5.69 Å². The van der Waals surface area contributed by atoms with Gasteiger partial charge in [0.1, 0.15) is 5.69 Å². The number of carbonyl (C=O) groups is 2. The summed E-state index contributed by atoms with van der Waals surface area (Å²) in [5.41, 5.74) is 2.94. The number of benzene rings is 1. The first kappa shape index (κ1) is 12.4. The topological polar surface area (TPSA) is 83.6 Å². The number of carbonyl (C=O) groups excluding carboxylic acids is 1. The first-order chi connectivity index (χ1) is 9.58. The highest BCUT2D eigenvalue weighted by Gasteiger charge is 2.25. The molecule has 1 aliphatic rings. The van der Waals surface area contributed by atoms with E-state index >= 15 is 0 Å². The van der Waals surface area contributed by atoms with Gasteiger partial charge < -0.3 is 14.5 Å². The van der Waals surface area contributed by atoms with Gasteiger partial charge in [-0.25, -0.2) is 4.79 Å². The van der Waals surface area contributed by atoms with Crippen molar-refractivity contribution in [3.63, 3.8) is 0 Å². The second-order valence-corrected chi connectivity index (χ2v) is 4.65. The first-order valence-electron chi connectivity index (χ1n) is 6.17. The highest BCUT2D eigenvalue weighted by Crippen LogP contribution is 2.36. The van der Waals surface area contributed by atoms with E-state index in [4.69, 9.17) is 9.63 Å². The van der Waals surface area contributed by atoms with Crippen LogP contribution in [0.3, 0.4) is 0 Å². The fraction of sp³-hybridized carbons (Fsp3) is 0.214. The molecule has 1 aliphatic heterocycles. The molecule has 2 aromatic rings. The van der Waals surface area contributed by atoms with Gasteiger partial charge in [0.2, 0.25) is 11.7 Å². The zero-order valence-electron chi connectivity index (χ0n) is 10.8. The molecule has 20 heavy (non-hydrogen) atoms. The monoisotopic (exact) mass is 272 g/mol. The molecule has 1 aromatic heterocycles. The van der Waals surface area contributed by atoms with Crippen molar-refractivity contribution in [2.24, 2.45) is 0 Å². The van der Waals surface area contributed by atoms with Crippen LogP contribution in [-0.2, 0) is 11.2 Å². The van der Waals surface area contributed by atoms with E-state index in [0.29, 0.717) is 24.1 Å². The number of aromatic carboxylic acids is 1. The van der Waals surface area contributed by atoms with Crippen molar-refractivity contribution in [1.29, 1.82) is 0 Å². The Hall–Kier alpha value is -2.63. The van der Waals surface area contributed by atoms with Crippen LogP contribution >= 0.6 is 0 Å². The third-order valence-corrected chi connectivity index (χ3v) is 3.43. The summed E-state index contributed by atoms with van der Waals surface area (Å²) in [5.74, 6) is -1.35. The van der Waals surface area contributed by atoms with Gasteiger partial charge in [-0.05, 0) is 12.0 Å². The molecule has 102 valence electrons. The van der Waals surface area contributed by atoms with Crippen LogP contribution in [0.1, 0.15) is 22.5 Å². The third kappa shape index (κ3) is 1.85. The van der Waals surface area contributed by atoms with Crippen LogP contribution in [-0.4, -0.2) is 29.2 Å². The van der Waals surface area contributed by atoms with E-state index < -0.39 is 5.97 Å². The van der Waals surface area contributed by atoms with Crippen LogP contribution < -0.4 is 4.90 Å². The number of para-hydroxylation sites is 1. The van der Waals surface area contributed by atoms with Crippen LogP contribution in [0.15, 0.2) is 28.8 Å². The number of hydrogen-bond donors (Lipinski definition) is 1. The minimum Gasteiger partial charge on any atom is -0.475 e. The number of fused-ring (bicyclic) bond motifs is 1. The molecule has 0 atom stereocenters. The molecule has 0 saturated carbocycles. The lowest BCUT2D eigenvalue weighted by molar-refractivity contribution is -0.118. The fourth-order valence-corrected chi connectivity index (χ4v) is 2.43. The molecule has 2 heterocycles. The van der Waals surface area contributed by atoms with Crippen molar-refractivity contribution in [1.82, 2.24) is 5.16 Å². The van der Waals surface area contributed by atoms with Crippen molar-refractivity contribution in [3.05, 3.63) is 35.6 Å². The molecule has 6 heteroatoms. The van der Waals surface area contributed by atoms with Gasteiger partial charge in [-0.1, -0.05) is 23.4 Å². The molecule has 0 unspecified atom stereocenters. The lowest BCUT2D eigenvalue weighted by Gasteiger charge is -2.27. The Morgan fingerprint density at radius 3 is 2.90 bits per heavy atom. The Morgan fingerprint density at radius 2 is 2.20 bits per heavy atom.